The van der Waals surface area contributed by atoms with Gasteiger partial charge in [-0.15, -0.1) is 0 Å². The van der Waals surface area contributed by atoms with Crippen molar-refractivity contribution < 1.29 is 19.1 Å². The van der Waals surface area contributed by atoms with Crippen LogP contribution < -0.4 is 21.3 Å². The van der Waals surface area contributed by atoms with Crippen LogP contribution in [-0.4, -0.2) is 69.1 Å². The highest BCUT2D eigenvalue weighted by molar-refractivity contribution is 5.87. The lowest BCUT2D eigenvalue weighted by atomic mass is 10.0. The zero-order valence-electron chi connectivity index (χ0n) is 21.2. The number of rotatable bonds is 17. The van der Waals surface area contributed by atoms with Gasteiger partial charge in [0.05, 0.1) is 11.2 Å². The number of urea groups is 1. The summed E-state index contributed by atoms with van der Waals surface area (Å²) in [5, 5.41) is 11.4. The molecular weight excluding hydrogens is 408 g/mol. The van der Waals surface area contributed by atoms with E-state index in [1.807, 2.05) is 27.7 Å². The van der Waals surface area contributed by atoms with Crippen molar-refractivity contribution in [1.29, 1.82) is 0 Å². The molecule has 0 aliphatic heterocycles. The predicted molar refractivity (Wildman–Crippen MR) is 133 cm³/mol. The number of likely N-dealkylation sites (N-methyl/N-ethyl adjacent to an activating group) is 1. The molecule has 8 nitrogen and oxygen atoms in total. The lowest BCUT2D eigenvalue weighted by Gasteiger charge is -2.27. The minimum absolute atomic E-state index is 0. The van der Waals surface area contributed by atoms with E-state index in [0.717, 1.165) is 19.3 Å². The number of amides is 3. The molecule has 0 bridgehead atoms. The molecule has 0 heterocycles. The SMILES string of the molecule is C.CCCCOC(C)(C)CNC(=O)NC(CNC)C(=O)NCCC(C)(C)OCCC(C)C. The molecular formula is C24H52N4O4. The van der Waals surface area contributed by atoms with Crippen LogP contribution in [0.1, 0.15) is 81.6 Å². The smallest absolute Gasteiger partial charge is 0.315 e. The van der Waals surface area contributed by atoms with Crippen LogP contribution in [0.2, 0.25) is 0 Å². The van der Waals surface area contributed by atoms with Crippen molar-refractivity contribution in [1.82, 2.24) is 21.3 Å². The van der Waals surface area contributed by atoms with Gasteiger partial charge in [-0.05, 0) is 59.9 Å². The molecule has 4 N–H and O–H groups in total. The molecule has 0 aliphatic carbocycles. The molecule has 0 fully saturated rings. The Balaban J connectivity index is 0. The lowest BCUT2D eigenvalue weighted by Crippen LogP contribution is -2.55. The van der Waals surface area contributed by atoms with Gasteiger partial charge in [-0.3, -0.25) is 4.79 Å². The molecule has 0 aromatic heterocycles. The number of carbonyl (C=O) groups is 2. The molecule has 192 valence electrons. The average molecular weight is 461 g/mol. The van der Waals surface area contributed by atoms with E-state index in [9.17, 15) is 9.59 Å². The van der Waals surface area contributed by atoms with E-state index in [0.29, 0.717) is 45.2 Å². The summed E-state index contributed by atoms with van der Waals surface area (Å²) in [4.78, 5) is 24.9. The molecule has 0 saturated carbocycles. The van der Waals surface area contributed by atoms with Gasteiger partial charge in [-0.1, -0.05) is 34.6 Å². The Morgan fingerprint density at radius 1 is 0.969 bits per heavy atom. The van der Waals surface area contributed by atoms with Crippen LogP contribution in [-0.2, 0) is 14.3 Å². The van der Waals surface area contributed by atoms with E-state index in [4.69, 9.17) is 9.47 Å². The van der Waals surface area contributed by atoms with Gasteiger partial charge in [-0.2, -0.15) is 0 Å². The summed E-state index contributed by atoms with van der Waals surface area (Å²) in [5.41, 5.74) is -0.775. The highest BCUT2D eigenvalue weighted by Crippen LogP contribution is 2.15. The van der Waals surface area contributed by atoms with E-state index < -0.39 is 11.6 Å². The highest BCUT2D eigenvalue weighted by Gasteiger charge is 2.24. The van der Waals surface area contributed by atoms with Gasteiger partial charge in [-0.25, -0.2) is 4.79 Å². The van der Waals surface area contributed by atoms with Crippen LogP contribution in [0, 0.1) is 5.92 Å². The third-order valence-electron chi connectivity index (χ3n) is 4.91. The fraction of sp³-hybridized carbons (Fsp3) is 0.917. The summed E-state index contributed by atoms with van der Waals surface area (Å²) in [6, 6.07) is -1.06. The van der Waals surface area contributed by atoms with Crippen molar-refractivity contribution >= 4 is 11.9 Å². The molecule has 1 unspecified atom stereocenters. The largest absolute Gasteiger partial charge is 0.375 e. The van der Waals surface area contributed by atoms with Crippen molar-refractivity contribution in [3.8, 4) is 0 Å². The molecule has 0 aromatic carbocycles. The maximum absolute atomic E-state index is 12.6. The number of nitrogens with one attached hydrogen (secondary N) is 4. The van der Waals surface area contributed by atoms with Crippen LogP contribution in [0.15, 0.2) is 0 Å². The van der Waals surface area contributed by atoms with Crippen molar-refractivity contribution in [2.24, 2.45) is 5.92 Å². The van der Waals surface area contributed by atoms with Crippen LogP contribution in [0.25, 0.3) is 0 Å². The first-order valence-corrected chi connectivity index (χ1v) is 11.7. The normalized spacial score (nSPS) is 12.8. The van der Waals surface area contributed by atoms with Crippen molar-refractivity contribution in [2.75, 3.05) is 39.9 Å². The maximum atomic E-state index is 12.6. The Morgan fingerprint density at radius 3 is 2.16 bits per heavy atom. The highest BCUT2D eigenvalue weighted by atomic mass is 16.5. The first-order chi connectivity index (χ1) is 14.4. The quantitative estimate of drug-likeness (QED) is 0.249. The fourth-order valence-corrected chi connectivity index (χ4v) is 2.71. The second-order valence-corrected chi connectivity index (χ2v) is 9.73. The van der Waals surface area contributed by atoms with E-state index in [-0.39, 0.29) is 25.0 Å². The summed E-state index contributed by atoms with van der Waals surface area (Å²) in [6.07, 6.45) is 3.75. The molecule has 0 aromatic rings. The zero-order chi connectivity index (χ0) is 23.9. The van der Waals surface area contributed by atoms with Gasteiger partial charge in [0, 0.05) is 32.8 Å². The second-order valence-electron chi connectivity index (χ2n) is 9.73. The first kappa shape index (κ1) is 32.8. The molecule has 3 amide bonds. The average Bonchev–Trinajstić information content (AvgIpc) is 2.65. The van der Waals surface area contributed by atoms with Crippen LogP contribution in [0.3, 0.4) is 0 Å². The first-order valence-electron chi connectivity index (χ1n) is 11.7. The topological polar surface area (TPSA) is 101 Å². The molecule has 1 atom stereocenters. The number of ether oxygens (including phenoxy) is 2. The minimum Gasteiger partial charge on any atom is -0.375 e. The molecule has 0 spiro atoms. The summed E-state index contributed by atoms with van der Waals surface area (Å²) in [5.74, 6) is 0.379. The van der Waals surface area contributed by atoms with Gasteiger partial charge in [0.15, 0.2) is 0 Å². The summed E-state index contributed by atoms with van der Waals surface area (Å²) in [7, 11) is 1.75. The van der Waals surface area contributed by atoms with Crippen molar-refractivity contribution in [2.45, 2.75) is 98.8 Å². The molecule has 0 rings (SSSR count). The van der Waals surface area contributed by atoms with Crippen LogP contribution in [0.4, 0.5) is 4.79 Å². The Labute approximate surface area is 197 Å². The fourth-order valence-electron chi connectivity index (χ4n) is 2.71. The summed E-state index contributed by atoms with van der Waals surface area (Å²) in [6.45, 7) is 16.9. The van der Waals surface area contributed by atoms with Gasteiger partial charge in [0.1, 0.15) is 6.04 Å². The predicted octanol–water partition coefficient (Wildman–Crippen LogP) is 3.45. The second kappa shape index (κ2) is 17.1. The van der Waals surface area contributed by atoms with Gasteiger partial charge >= 0.3 is 6.03 Å². The van der Waals surface area contributed by atoms with E-state index in [1.54, 1.807) is 7.05 Å². The molecule has 0 aliphatic rings. The van der Waals surface area contributed by atoms with Crippen LogP contribution in [0.5, 0.6) is 0 Å². The van der Waals surface area contributed by atoms with E-state index >= 15 is 0 Å². The number of unbranched alkanes of at least 4 members (excludes halogenated alkanes) is 1. The number of carbonyl (C=O) groups excluding carboxylic acids is 2. The Kier molecular flexibility index (Phi) is 17.6. The Hall–Kier alpha value is -1.38. The maximum Gasteiger partial charge on any atom is 0.315 e. The van der Waals surface area contributed by atoms with Gasteiger partial charge in [0.25, 0.3) is 0 Å². The molecule has 0 radical (unpaired) electrons. The van der Waals surface area contributed by atoms with Crippen LogP contribution >= 0.6 is 0 Å². The third-order valence-corrected chi connectivity index (χ3v) is 4.91. The summed E-state index contributed by atoms with van der Waals surface area (Å²) >= 11 is 0. The van der Waals surface area contributed by atoms with E-state index in [2.05, 4.69) is 42.0 Å². The Bertz CT molecular complexity index is 510. The van der Waals surface area contributed by atoms with Crippen molar-refractivity contribution in [3.63, 3.8) is 0 Å². The van der Waals surface area contributed by atoms with E-state index in [1.165, 1.54) is 0 Å². The minimum atomic E-state index is -0.668. The molecule has 32 heavy (non-hydrogen) atoms. The number of hydrogen-bond acceptors (Lipinski definition) is 5. The van der Waals surface area contributed by atoms with Gasteiger partial charge < -0.3 is 30.7 Å². The number of hydrogen-bond donors (Lipinski definition) is 4. The standard InChI is InChI=1S/C23H48N4O4.CH4/c1-9-10-14-30-23(6,7)17-26-21(29)27-19(16-24-8)20(28)25-13-12-22(4,5)31-15-11-18(2)3;/h18-19,24H,9-17H2,1-8H3,(H,25,28)(H2,26,27,29);1H4. The summed E-state index contributed by atoms with van der Waals surface area (Å²) < 4.78 is 11.7. The molecule has 0 saturated heterocycles. The van der Waals surface area contributed by atoms with Crippen molar-refractivity contribution in [3.05, 3.63) is 0 Å². The zero-order valence-corrected chi connectivity index (χ0v) is 21.2. The third kappa shape index (κ3) is 17.2. The van der Waals surface area contributed by atoms with Gasteiger partial charge in [0.2, 0.25) is 5.91 Å². The lowest BCUT2D eigenvalue weighted by molar-refractivity contribution is -0.123. The monoisotopic (exact) mass is 460 g/mol. The Morgan fingerprint density at radius 2 is 1.59 bits per heavy atom. The molecule has 8 heteroatoms.